The number of carbonyl (C=O) groups is 1. The molecule has 174 valence electrons. The van der Waals surface area contributed by atoms with Gasteiger partial charge in [-0.1, -0.05) is 72.4 Å². The Morgan fingerprint density at radius 3 is 2.59 bits per heavy atom. The van der Waals surface area contributed by atoms with Crippen LogP contribution in [0.15, 0.2) is 84.0 Å². The predicted molar refractivity (Wildman–Crippen MR) is 133 cm³/mol. The van der Waals surface area contributed by atoms with Crippen molar-refractivity contribution in [1.29, 1.82) is 0 Å². The lowest BCUT2D eigenvalue weighted by molar-refractivity contribution is 0.1000. The second-order valence-electron chi connectivity index (χ2n) is 7.55. The van der Waals surface area contributed by atoms with Crippen molar-refractivity contribution < 1.29 is 14.3 Å². The smallest absolute Gasteiger partial charge is 0.248 e. The fourth-order valence-electron chi connectivity index (χ4n) is 3.49. The van der Waals surface area contributed by atoms with Gasteiger partial charge in [-0.15, -0.1) is 10.2 Å². The Morgan fingerprint density at radius 2 is 1.79 bits per heavy atom. The molecule has 0 fully saturated rings. The summed E-state index contributed by atoms with van der Waals surface area (Å²) in [5.41, 5.74) is 8.99. The van der Waals surface area contributed by atoms with Crippen LogP contribution >= 0.6 is 11.8 Å². The van der Waals surface area contributed by atoms with Gasteiger partial charge in [-0.2, -0.15) is 0 Å². The van der Waals surface area contributed by atoms with E-state index in [1.807, 2.05) is 59.2 Å². The maximum absolute atomic E-state index is 11.5. The van der Waals surface area contributed by atoms with E-state index in [4.69, 9.17) is 15.2 Å². The third-order valence-electron chi connectivity index (χ3n) is 5.22. The summed E-state index contributed by atoms with van der Waals surface area (Å²) in [5, 5.41) is 9.53. The molecule has 0 bridgehead atoms. The maximum atomic E-state index is 11.5. The van der Waals surface area contributed by atoms with Crippen LogP contribution in [-0.2, 0) is 23.6 Å². The second kappa shape index (κ2) is 11.5. The van der Waals surface area contributed by atoms with Crippen molar-refractivity contribution in [2.45, 2.75) is 24.1 Å². The summed E-state index contributed by atoms with van der Waals surface area (Å²) < 4.78 is 13.5. The molecule has 0 saturated heterocycles. The van der Waals surface area contributed by atoms with E-state index in [9.17, 15) is 4.79 Å². The van der Waals surface area contributed by atoms with Gasteiger partial charge in [0.1, 0.15) is 12.4 Å². The van der Waals surface area contributed by atoms with E-state index in [1.54, 1.807) is 19.2 Å². The number of para-hydroxylation sites is 1. The number of hydrogen-bond acceptors (Lipinski definition) is 6. The highest BCUT2D eigenvalue weighted by Crippen LogP contribution is 2.30. The highest BCUT2D eigenvalue weighted by molar-refractivity contribution is 7.98. The standard InChI is InChI=1S/C26H26N4O3S/c1-32-15-14-30-24(17-33-23-13-6-5-12-22(23)20-9-3-2-4-10-20)28-29-26(30)34-18-19-8-7-11-21(16-19)25(27)31/h2-13,16H,14-15,17-18H2,1H3,(H2,27,31). The molecule has 1 aromatic heterocycles. The summed E-state index contributed by atoms with van der Waals surface area (Å²) >= 11 is 1.54. The number of amides is 1. The highest BCUT2D eigenvalue weighted by atomic mass is 32.2. The van der Waals surface area contributed by atoms with Crippen LogP contribution in [0, 0.1) is 0 Å². The number of carbonyl (C=O) groups excluding carboxylic acids is 1. The zero-order chi connectivity index (χ0) is 23.8. The summed E-state index contributed by atoms with van der Waals surface area (Å²) in [6.45, 7) is 1.40. The van der Waals surface area contributed by atoms with Gasteiger partial charge in [0.15, 0.2) is 11.0 Å². The van der Waals surface area contributed by atoms with E-state index < -0.39 is 5.91 Å². The van der Waals surface area contributed by atoms with Crippen LogP contribution < -0.4 is 10.5 Å². The maximum Gasteiger partial charge on any atom is 0.248 e. The average molecular weight is 475 g/mol. The van der Waals surface area contributed by atoms with Crippen LogP contribution in [0.5, 0.6) is 5.75 Å². The molecular weight excluding hydrogens is 448 g/mol. The molecule has 0 aliphatic heterocycles. The Hall–Kier alpha value is -3.62. The number of ether oxygens (including phenoxy) is 2. The molecule has 0 radical (unpaired) electrons. The molecular formula is C26H26N4O3S. The molecule has 1 amide bonds. The minimum atomic E-state index is -0.440. The van der Waals surface area contributed by atoms with Gasteiger partial charge in [0.05, 0.1) is 6.61 Å². The summed E-state index contributed by atoms with van der Waals surface area (Å²) in [5.74, 6) is 1.69. The van der Waals surface area contributed by atoms with Gasteiger partial charge in [-0.05, 0) is 29.3 Å². The molecule has 4 rings (SSSR count). The van der Waals surface area contributed by atoms with Crippen LogP contribution in [0.4, 0.5) is 0 Å². The topological polar surface area (TPSA) is 92.3 Å². The molecule has 3 aromatic carbocycles. The van der Waals surface area contributed by atoms with Crippen molar-refractivity contribution in [2.24, 2.45) is 5.73 Å². The number of methoxy groups -OCH3 is 1. The van der Waals surface area contributed by atoms with Gasteiger partial charge in [0.25, 0.3) is 0 Å². The highest BCUT2D eigenvalue weighted by Gasteiger charge is 2.15. The van der Waals surface area contributed by atoms with E-state index in [0.29, 0.717) is 30.3 Å². The molecule has 0 saturated carbocycles. The number of hydrogen-bond donors (Lipinski definition) is 1. The summed E-state index contributed by atoms with van der Waals surface area (Å²) in [4.78, 5) is 11.5. The summed E-state index contributed by atoms with van der Waals surface area (Å²) in [6, 6.07) is 25.4. The number of benzene rings is 3. The third kappa shape index (κ3) is 5.84. The minimum Gasteiger partial charge on any atom is -0.485 e. The normalized spacial score (nSPS) is 10.9. The fraction of sp³-hybridized carbons (Fsp3) is 0.192. The molecule has 2 N–H and O–H groups in total. The molecule has 0 spiro atoms. The minimum absolute atomic E-state index is 0.276. The summed E-state index contributed by atoms with van der Waals surface area (Å²) in [7, 11) is 1.67. The van der Waals surface area contributed by atoms with Crippen LogP contribution in [-0.4, -0.2) is 34.4 Å². The van der Waals surface area contributed by atoms with Crippen LogP contribution in [0.1, 0.15) is 21.7 Å². The molecule has 8 heteroatoms. The molecule has 0 atom stereocenters. The molecule has 34 heavy (non-hydrogen) atoms. The lowest BCUT2D eigenvalue weighted by atomic mass is 10.1. The van der Waals surface area contributed by atoms with E-state index >= 15 is 0 Å². The second-order valence-corrected chi connectivity index (χ2v) is 8.49. The zero-order valence-electron chi connectivity index (χ0n) is 18.9. The number of nitrogens with two attached hydrogens (primary N) is 1. The number of thioether (sulfide) groups is 1. The quantitative estimate of drug-likeness (QED) is 0.320. The molecule has 0 unspecified atom stereocenters. The SMILES string of the molecule is COCCn1c(COc2ccccc2-c2ccccc2)nnc1SCc1cccc(C(N)=O)c1. The average Bonchev–Trinajstić information content (AvgIpc) is 3.27. The fourth-order valence-corrected chi connectivity index (χ4v) is 4.42. The lowest BCUT2D eigenvalue weighted by Gasteiger charge is -2.13. The first-order valence-corrected chi connectivity index (χ1v) is 11.8. The van der Waals surface area contributed by atoms with Crippen LogP contribution in [0.2, 0.25) is 0 Å². The van der Waals surface area contributed by atoms with Gasteiger partial charge in [-0.3, -0.25) is 4.79 Å². The van der Waals surface area contributed by atoms with Gasteiger partial charge >= 0.3 is 0 Å². The van der Waals surface area contributed by atoms with E-state index in [2.05, 4.69) is 22.3 Å². The van der Waals surface area contributed by atoms with Crippen LogP contribution in [0.3, 0.4) is 0 Å². The van der Waals surface area contributed by atoms with Gasteiger partial charge in [0.2, 0.25) is 5.91 Å². The van der Waals surface area contributed by atoms with Crippen LogP contribution in [0.25, 0.3) is 11.1 Å². The monoisotopic (exact) mass is 474 g/mol. The Balaban J connectivity index is 1.50. The summed E-state index contributed by atoms with van der Waals surface area (Å²) in [6.07, 6.45) is 0. The number of rotatable bonds is 11. The van der Waals surface area contributed by atoms with Crippen molar-refractivity contribution in [3.05, 3.63) is 95.8 Å². The first-order chi connectivity index (χ1) is 16.7. The van der Waals surface area contributed by atoms with Gasteiger partial charge in [-0.25, -0.2) is 0 Å². The van der Waals surface area contributed by atoms with E-state index in [0.717, 1.165) is 27.6 Å². The van der Waals surface area contributed by atoms with E-state index in [-0.39, 0.29) is 6.61 Å². The van der Waals surface area contributed by atoms with Crippen molar-refractivity contribution in [3.8, 4) is 16.9 Å². The lowest BCUT2D eigenvalue weighted by Crippen LogP contribution is -2.12. The molecule has 0 aliphatic rings. The Bertz CT molecular complexity index is 1240. The Labute approximate surface area is 202 Å². The molecule has 4 aromatic rings. The largest absolute Gasteiger partial charge is 0.485 e. The third-order valence-corrected chi connectivity index (χ3v) is 6.26. The predicted octanol–water partition coefficient (Wildman–Crippen LogP) is 4.56. The van der Waals surface area contributed by atoms with E-state index in [1.165, 1.54) is 11.8 Å². The van der Waals surface area contributed by atoms with Crippen molar-refractivity contribution in [1.82, 2.24) is 14.8 Å². The Morgan fingerprint density at radius 1 is 1.00 bits per heavy atom. The molecule has 0 aliphatic carbocycles. The molecule has 7 nitrogen and oxygen atoms in total. The van der Waals surface area contributed by atoms with Crippen molar-refractivity contribution in [2.75, 3.05) is 13.7 Å². The zero-order valence-corrected chi connectivity index (χ0v) is 19.7. The first kappa shape index (κ1) is 23.5. The van der Waals surface area contributed by atoms with Crippen molar-refractivity contribution >= 4 is 17.7 Å². The number of primary amides is 1. The van der Waals surface area contributed by atoms with Crippen molar-refractivity contribution in [3.63, 3.8) is 0 Å². The first-order valence-electron chi connectivity index (χ1n) is 10.9. The number of nitrogens with zero attached hydrogens (tertiary/aromatic N) is 3. The van der Waals surface area contributed by atoms with Gasteiger partial charge in [0, 0.05) is 30.5 Å². The van der Waals surface area contributed by atoms with Gasteiger partial charge < -0.3 is 19.8 Å². The molecule has 1 heterocycles. The number of aromatic nitrogens is 3. The Kier molecular flexibility index (Phi) is 7.95.